The topological polar surface area (TPSA) is 104 Å². The minimum absolute atomic E-state index is 0.0504. The van der Waals surface area contributed by atoms with Crippen LogP contribution < -0.4 is 10.2 Å². The highest BCUT2D eigenvalue weighted by Crippen LogP contribution is 2.38. The number of hydrogen-bond acceptors (Lipinski definition) is 5. The molecule has 0 radical (unpaired) electrons. The normalized spacial score (nSPS) is 11.2. The first-order valence-corrected chi connectivity index (χ1v) is 9.70. The number of H-pyrrole nitrogens is 2. The van der Waals surface area contributed by atoms with Crippen LogP contribution in [0.4, 0.5) is 0 Å². The summed E-state index contributed by atoms with van der Waals surface area (Å²) in [6.07, 6.45) is 1.87. The number of hydrogen-bond donors (Lipinski definition) is 3. The summed E-state index contributed by atoms with van der Waals surface area (Å²) in [5.74, 6) is 1.27. The summed E-state index contributed by atoms with van der Waals surface area (Å²) in [5, 5.41) is 11.5. The van der Waals surface area contributed by atoms with E-state index < -0.39 is 11.2 Å². The number of aromatic amines is 2. The van der Waals surface area contributed by atoms with E-state index >= 15 is 0 Å². The first-order valence-electron chi connectivity index (χ1n) is 9.70. The van der Waals surface area contributed by atoms with E-state index in [1.54, 1.807) is 14.0 Å². The Morgan fingerprint density at radius 3 is 2.65 bits per heavy atom. The number of para-hydroxylation sites is 1. The van der Waals surface area contributed by atoms with Gasteiger partial charge in [-0.05, 0) is 37.3 Å². The van der Waals surface area contributed by atoms with E-state index in [1.165, 1.54) is 6.07 Å². The minimum atomic E-state index is -0.511. The van der Waals surface area contributed by atoms with Gasteiger partial charge in [0.05, 0.1) is 7.11 Å². The predicted octanol–water partition coefficient (Wildman–Crippen LogP) is 4.87. The second-order valence-corrected chi connectivity index (χ2v) is 7.18. The summed E-state index contributed by atoms with van der Waals surface area (Å²) in [6.45, 7) is 1.66. The molecule has 5 aromatic rings. The number of methoxy groups -OCH3 is 1. The van der Waals surface area contributed by atoms with Gasteiger partial charge in [-0.15, -0.1) is 0 Å². The van der Waals surface area contributed by atoms with Gasteiger partial charge in [0.25, 0.3) is 0 Å². The zero-order valence-electron chi connectivity index (χ0n) is 16.9. The molecule has 0 bridgehead atoms. The van der Waals surface area contributed by atoms with Gasteiger partial charge >= 0.3 is 0 Å². The molecule has 5 rings (SSSR count). The summed E-state index contributed by atoms with van der Waals surface area (Å²) in [5.41, 5.74) is 3.08. The maximum atomic E-state index is 12.2. The molecule has 7 nitrogen and oxygen atoms in total. The van der Waals surface area contributed by atoms with Gasteiger partial charge in [-0.2, -0.15) is 0 Å². The van der Waals surface area contributed by atoms with Crippen LogP contribution in [-0.2, 0) is 0 Å². The lowest BCUT2D eigenvalue weighted by atomic mass is 10.1. The molecule has 0 amide bonds. The Balaban J connectivity index is 1.77. The molecular formula is C24H19N3O4. The highest BCUT2D eigenvalue weighted by atomic mass is 16.5. The van der Waals surface area contributed by atoms with Crippen molar-refractivity contribution >= 4 is 10.9 Å². The molecule has 0 unspecified atom stereocenters. The number of aryl methyl sites for hydroxylation is 1. The van der Waals surface area contributed by atoms with E-state index in [0.717, 1.165) is 22.0 Å². The number of benzene rings is 2. The van der Waals surface area contributed by atoms with Crippen LogP contribution >= 0.6 is 0 Å². The van der Waals surface area contributed by atoms with Crippen molar-refractivity contribution in [3.05, 3.63) is 76.8 Å². The van der Waals surface area contributed by atoms with Crippen LogP contribution in [0.3, 0.4) is 0 Å². The molecule has 0 atom stereocenters. The van der Waals surface area contributed by atoms with Crippen molar-refractivity contribution in [2.75, 3.05) is 7.11 Å². The molecule has 3 N–H and O–H groups in total. The first kappa shape index (κ1) is 18.7. The molecule has 0 aliphatic heterocycles. The predicted molar refractivity (Wildman–Crippen MR) is 118 cm³/mol. The highest BCUT2D eigenvalue weighted by molar-refractivity contribution is 5.95. The molecule has 3 heterocycles. The molecule has 0 aliphatic carbocycles. The standard InChI is InChI=1S/C24H19N3O4/c1-13-11-19(28)22(29)23(31-13)21-20(14-7-9-15(30-2)10-8-14)26-24(27-21)17-12-25-18-6-4-3-5-16(17)18/h3-12,25,29H,1-2H3,(H,26,27). The molecule has 31 heavy (non-hydrogen) atoms. The van der Waals surface area contributed by atoms with Crippen molar-refractivity contribution in [3.63, 3.8) is 0 Å². The van der Waals surface area contributed by atoms with Crippen molar-refractivity contribution in [2.45, 2.75) is 6.92 Å². The summed E-state index contributed by atoms with van der Waals surface area (Å²) < 4.78 is 11.0. The largest absolute Gasteiger partial charge is 0.501 e. The van der Waals surface area contributed by atoms with Crippen LogP contribution in [0.5, 0.6) is 11.5 Å². The molecule has 154 valence electrons. The zero-order chi connectivity index (χ0) is 21.5. The highest BCUT2D eigenvalue weighted by Gasteiger charge is 2.23. The van der Waals surface area contributed by atoms with Crippen LogP contribution in [0.1, 0.15) is 5.76 Å². The molecule has 0 saturated heterocycles. The van der Waals surface area contributed by atoms with Crippen LogP contribution in [0.25, 0.3) is 45.0 Å². The Morgan fingerprint density at radius 1 is 1.10 bits per heavy atom. The molecule has 2 aromatic carbocycles. The third-order valence-corrected chi connectivity index (χ3v) is 5.18. The number of nitrogens with one attached hydrogen (secondary N) is 2. The summed E-state index contributed by atoms with van der Waals surface area (Å²) in [7, 11) is 1.60. The number of fused-ring (bicyclic) bond motifs is 1. The second-order valence-electron chi connectivity index (χ2n) is 7.18. The number of rotatable bonds is 4. The fraction of sp³-hybridized carbons (Fsp3) is 0.0833. The number of nitrogens with zero attached hydrogens (tertiary/aromatic N) is 1. The molecule has 7 heteroatoms. The van der Waals surface area contributed by atoms with Gasteiger partial charge < -0.3 is 24.2 Å². The summed E-state index contributed by atoms with van der Waals surface area (Å²) >= 11 is 0. The van der Waals surface area contributed by atoms with E-state index in [0.29, 0.717) is 28.7 Å². The van der Waals surface area contributed by atoms with Crippen LogP contribution in [0.2, 0.25) is 0 Å². The first-order chi connectivity index (χ1) is 15.0. The third kappa shape index (κ3) is 3.16. The van der Waals surface area contributed by atoms with Gasteiger partial charge in [0.15, 0.2) is 5.76 Å². The molecule has 0 saturated carbocycles. The van der Waals surface area contributed by atoms with Crippen molar-refractivity contribution in [3.8, 4) is 45.6 Å². The average molecular weight is 413 g/mol. The maximum Gasteiger partial charge on any atom is 0.227 e. The Labute approximate surface area is 177 Å². The minimum Gasteiger partial charge on any atom is -0.501 e. The van der Waals surface area contributed by atoms with E-state index in [9.17, 15) is 9.90 Å². The number of aromatic nitrogens is 3. The van der Waals surface area contributed by atoms with Gasteiger partial charge in [-0.1, -0.05) is 18.2 Å². The van der Waals surface area contributed by atoms with Crippen molar-refractivity contribution in [2.24, 2.45) is 0 Å². The van der Waals surface area contributed by atoms with E-state index in [4.69, 9.17) is 14.1 Å². The van der Waals surface area contributed by atoms with Crippen molar-refractivity contribution < 1.29 is 14.3 Å². The van der Waals surface area contributed by atoms with Crippen molar-refractivity contribution in [1.29, 1.82) is 0 Å². The molecule has 0 aliphatic rings. The van der Waals surface area contributed by atoms with Gasteiger partial charge in [0.2, 0.25) is 11.2 Å². The van der Waals surface area contributed by atoms with E-state index in [-0.39, 0.29) is 5.76 Å². The number of ether oxygens (including phenoxy) is 1. The Kier molecular flexibility index (Phi) is 4.36. The van der Waals surface area contributed by atoms with Crippen molar-refractivity contribution in [1.82, 2.24) is 15.0 Å². The maximum absolute atomic E-state index is 12.2. The lowest BCUT2D eigenvalue weighted by Gasteiger charge is -2.06. The van der Waals surface area contributed by atoms with E-state index in [1.807, 2.05) is 54.7 Å². The Hall–Kier alpha value is -4.26. The number of aromatic hydroxyl groups is 1. The third-order valence-electron chi connectivity index (χ3n) is 5.18. The van der Waals surface area contributed by atoms with Gasteiger partial charge in [-0.25, -0.2) is 4.98 Å². The van der Waals surface area contributed by atoms with Gasteiger partial charge in [0.1, 0.15) is 28.7 Å². The SMILES string of the molecule is COc1ccc(-c2nc(-c3c[nH]c4ccccc34)[nH]c2-c2oc(C)cc(=O)c2O)cc1. The quantitative estimate of drug-likeness (QED) is 0.390. The molecule has 0 fully saturated rings. The Morgan fingerprint density at radius 2 is 1.87 bits per heavy atom. The summed E-state index contributed by atoms with van der Waals surface area (Å²) in [4.78, 5) is 23.5. The summed E-state index contributed by atoms with van der Waals surface area (Å²) in [6, 6.07) is 16.5. The lowest BCUT2D eigenvalue weighted by molar-refractivity contribution is 0.415. The van der Waals surface area contributed by atoms with Crippen LogP contribution in [0.15, 0.2) is 70.0 Å². The molecule has 3 aromatic heterocycles. The average Bonchev–Trinajstić information content (AvgIpc) is 3.40. The smallest absolute Gasteiger partial charge is 0.227 e. The monoisotopic (exact) mass is 413 g/mol. The fourth-order valence-electron chi connectivity index (χ4n) is 3.66. The molecule has 0 spiro atoms. The van der Waals surface area contributed by atoms with Gasteiger partial charge in [0, 0.05) is 34.3 Å². The van der Waals surface area contributed by atoms with E-state index in [2.05, 4.69) is 9.97 Å². The Bertz CT molecular complexity index is 1460. The lowest BCUT2D eigenvalue weighted by Crippen LogP contribution is -2.01. The zero-order valence-corrected chi connectivity index (χ0v) is 16.9. The van der Waals surface area contributed by atoms with Crippen LogP contribution in [0, 0.1) is 6.92 Å². The number of imidazole rings is 1. The molecular weight excluding hydrogens is 394 g/mol. The van der Waals surface area contributed by atoms with Gasteiger partial charge in [-0.3, -0.25) is 4.79 Å². The van der Waals surface area contributed by atoms with Crippen LogP contribution in [-0.4, -0.2) is 27.2 Å². The fourth-order valence-corrected chi connectivity index (χ4v) is 3.66. The second kappa shape index (κ2) is 7.21.